The van der Waals surface area contributed by atoms with Crippen molar-refractivity contribution in [3.8, 4) is 0 Å². The number of carbonyl (C=O) groups is 3. The van der Waals surface area contributed by atoms with Crippen LogP contribution >= 0.6 is 12.4 Å². The van der Waals surface area contributed by atoms with Crippen molar-refractivity contribution in [2.45, 2.75) is 18.4 Å². The van der Waals surface area contributed by atoms with Crippen LogP contribution in [0.25, 0.3) is 0 Å². The predicted octanol–water partition coefficient (Wildman–Crippen LogP) is 1.16. The van der Waals surface area contributed by atoms with E-state index in [-0.39, 0.29) is 25.5 Å². The van der Waals surface area contributed by atoms with Crippen LogP contribution in [-0.4, -0.2) is 66.2 Å². The molecule has 0 bridgehead atoms. The van der Waals surface area contributed by atoms with Gasteiger partial charge < -0.3 is 4.90 Å². The number of nitrogens with one attached hydrogen (secondary N) is 1. The van der Waals surface area contributed by atoms with Crippen molar-refractivity contribution in [1.29, 1.82) is 0 Å². The van der Waals surface area contributed by atoms with Crippen LogP contribution in [0.15, 0.2) is 24.3 Å². The number of fused-ring (bicyclic) bond motifs is 1. The lowest BCUT2D eigenvalue weighted by atomic mass is 10.1. The van der Waals surface area contributed by atoms with Crippen molar-refractivity contribution in [3.63, 3.8) is 0 Å². The Morgan fingerprint density at radius 2 is 1.84 bits per heavy atom. The second-order valence-corrected chi connectivity index (χ2v) is 6.06. The van der Waals surface area contributed by atoms with Gasteiger partial charge in [-0.1, -0.05) is 12.1 Å². The minimum atomic E-state index is -2.89. The van der Waals surface area contributed by atoms with E-state index in [4.69, 9.17) is 0 Å². The summed E-state index contributed by atoms with van der Waals surface area (Å²) in [6.45, 7) is -0.401. The van der Waals surface area contributed by atoms with Crippen LogP contribution < -0.4 is 5.32 Å². The minimum absolute atomic E-state index is 0. The highest BCUT2D eigenvalue weighted by molar-refractivity contribution is 6.21. The maximum atomic E-state index is 13.2. The topological polar surface area (TPSA) is 69.7 Å². The summed E-state index contributed by atoms with van der Waals surface area (Å²) in [5.41, 5.74) is 0.683. The summed E-state index contributed by atoms with van der Waals surface area (Å²) in [6.07, 6.45) is -0.539. The second kappa shape index (κ2) is 7.05. The zero-order valence-electron chi connectivity index (χ0n) is 13.5. The molecule has 6 nitrogen and oxygen atoms in total. The first-order valence-electron chi connectivity index (χ1n) is 7.61. The number of hydrogen-bond acceptors (Lipinski definition) is 4. The smallest absolute Gasteiger partial charge is 0.262 e. The average molecular weight is 374 g/mol. The summed E-state index contributed by atoms with van der Waals surface area (Å²) in [6, 6.07) is 5.57. The molecule has 1 aromatic carbocycles. The van der Waals surface area contributed by atoms with Gasteiger partial charge in [-0.15, -0.1) is 12.4 Å². The largest absolute Gasteiger partial charge is 0.343 e. The van der Waals surface area contributed by atoms with Crippen LogP contribution in [0.1, 0.15) is 27.1 Å². The summed E-state index contributed by atoms with van der Waals surface area (Å²) < 4.78 is 26.3. The molecule has 3 amide bonds. The number of alkyl halides is 2. The molecule has 0 spiro atoms. The van der Waals surface area contributed by atoms with Crippen molar-refractivity contribution in [2.24, 2.45) is 0 Å². The number of likely N-dealkylation sites (N-methyl/N-ethyl adjacent to an activating group) is 1. The summed E-state index contributed by atoms with van der Waals surface area (Å²) in [4.78, 5) is 38.9. The van der Waals surface area contributed by atoms with Crippen molar-refractivity contribution < 1.29 is 23.2 Å². The summed E-state index contributed by atoms with van der Waals surface area (Å²) in [5, 5.41) is 2.50. The van der Waals surface area contributed by atoms with E-state index in [1.807, 2.05) is 0 Å². The van der Waals surface area contributed by atoms with Gasteiger partial charge in [0.1, 0.15) is 0 Å². The number of halogens is 3. The highest BCUT2D eigenvalue weighted by Crippen LogP contribution is 2.26. The Morgan fingerprint density at radius 1 is 1.28 bits per heavy atom. The second-order valence-electron chi connectivity index (χ2n) is 6.06. The Morgan fingerprint density at radius 3 is 2.32 bits per heavy atom. The molecule has 2 heterocycles. The number of imide groups is 1. The van der Waals surface area contributed by atoms with Crippen molar-refractivity contribution in [1.82, 2.24) is 15.1 Å². The Kier molecular flexibility index (Phi) is 5.43. The van der Waals surface area contributed by atoms with Crippen LogP contribution in [0, 0.1) is 0 Å². The third kappa shape index (κ3) is 3.64. The molecule has 2 aliphatic heterocycles. The SMILES string of the molecule is CN(CCN1C(=O)c2ccccc2C1=O)C(=O)C1CC(F)(F)CN1.Cl. The van der Waals surface area contributed by atoms with Crippen molar-refractivity contribution in [2.75, 3.05) is 26.7 Å². The number of nitrogens with zero attached hydrogens (tertiary/aromatic N) is 2. The Balaban J connectivity index is 0.00000225. The molecule has 0 radical (unpaired) electrons. The van der Waals surface area contributed by atoms with E-state index in [1.165, 1.54) is 11.9 Å². The molecule has 2 aliphatic rings. The molecule has 0 aromatic heterocycles. The van der Waals surface area contributed by atoms with Gasteiger partial charge in [0.05, 0.1) is 23.7 Å². The van der Waals surface area contributed by atoms with Gasteiger partial charge in [-0.05, 0) is 12.1 Å². The predicted molar refractivity (Wildman–Crippen MR) is 88.0 cm³/mol. The zero-order chi connectivity index (χ0) is 17.5. The lowest BCUT2D eigenvalue weighted by Crippen LogP contribution is -2.45. The lowest BCUT2D eigenvalue weighted by molar-refractivity contribution is -0.132. The fraction of sp³-hybridized carbons (Fsp3) is 0.438. The fourth-order valence-electron chi connectivity index (χ4n) is 2.96. The number of rotatable bonds is 4. The maximum Gasteiger partial charge on any atom is 0.262 e. The Bertz CT molecular complexity index is 679. The van der Waals surface area contributed by atoms with Gasteiger partial charge in [0.2, 0.25) is 5.91 Å². The van der Waals surface area contributed by atoms with Crippen molar-refractivity contribution >= 4 is 30.1 Å². The van der Waals surface area contributed by atoms with Gasteiger partial charge in [0.15, 0.2) is 0 Å². The number of hydrogen-bond donors (Lipinski definition) is 1. The fourth-order valence-corrected chi connectivity index (χ4v) is 2.96. The zero-order valence-corrected chi connectivity index (χ0v) is 14.3. The van der Waals surface area contributed by atoms with Gasteiger partial charge in [-0.25, -0.2) is 8.78 Å². The van der Waals surface area contributed by atoms with E-state index < -0.39 is 42.7 Å². The van der Waals surface area contributed by atoms with Crippen LogP contribution in [0.3, 0.4) is 0 Å². The Labute approximate surface area is 149 Å². The van der Waals surface area contributed by atoms with Gasteiger partial charge in [0, 0.05) is 26.6 Å². The summed E-state index contributed by atoms with van der Waals surface area (Å²) in [7, 11) is 1.47. The minimum Gasteiger partial charge on any atom is -0.343 e. The highest BCUT2D eigenvalue weighted by Gasteiger charge is 2.43. The van der Waals surface area contributed by atoms with E-state index >= 15 is 0 Å². The van der Waals surface area contributed by atoms with Crippen LogP contribution in [0.2, 0.25) is 0 Å². The normalized spacial score (nSPS) is 21.1. The van der Waals surface area contributed by atoms with E-state index in [0.29, 0.717) is 11.1 Å². The molecule has 0 saturated carbocycles. The number of amides is 3. The highest BCUT2D eigenvalue weighted by atomic mass is 35.5. The standard InChI is InChI=1S/C16H17F2N3O3.ClH/c1-20(15(24)12-8-16(17,18)9-19-12)6-7-21-13(22)10-4-2-3-5-11(10)14(21)23;/h2-5,12,19H,6-9H2,1H3;1H. The Hall–Kier alpha value is -2.06. The average Bonchev–Trinajstić information content (AvgIpc) is 3.03. The van der Waals surface area contributed by atoms with Crippen LogP contribution in [0.5, 0.6) is 0 Å². The molecule has 1 unspecified atom stereocenters. The molecular formula is C16H18ClF2N3O3. The number of carbonyl (C=O) groups excluding carboxylic acids is 3. The molecule has 3 rings (SSSR count). The molecule has 136 valence electrons. The lowest BCUT2D eigenvalue weighted by Gasteiger charge is -2.23. The van der Waals surface area contributed by atoms with Crippen molar-refractivity contribution in [3.05, 3.63) is 35.4 Å². The first-order valence-corrected chi connectivity index (χ1v) is 7.61. The van der Waals surface area contributed by atoms with Gasteiger partial charge in [0.25, 0.3) is 17.7 Å². The molecule has 1 fully saturated rings. The first kappa shape index (κ1) is 19.3. The van der Waals surface area contributed by atoms with Gasteiger partial charge in [-0.3, -0.25) is 24.6 Å². The van der Waals surface area contributed by atoms with E-state index in [2.05, 4.69) is 5.32 Å². The quantitative estimate of drug-likeness (QED) is 0.804. The third-order valence-corrected chi connectivity index (χ3v) is 4.32. The molecule has 1 atom stereocenters. The van der Waals surface area contributed by atoms with Gasteiger partial charge in [-0.2, -0.15) is 0 Å². The van der Waals surface area contributed by atoms with Gasteiger partial charge >= 0.3 is 0 Å². The summed E-state index contributed by atoms with van der Waals surface area (Å²) >= 11 is 0. The van der Waals surface area contributed by atoms with E-state index in [1.54, 1.807) is 24.3 Å². The van der Waals surface area contributed by atoms with Crippen LogP contribution in [0.4, 0.5) is 8.78 Å². The molecular weight excluding hydrogens is 356 g/mol. The van der Waals surface area contributed by atoms with E-state index in [0.717, 1.165) is 4.90 Å². The molecule has 25 heavy (non-hydrogen) atoms. The molecule has 9 heteroatoms. The van der Waals surface area contributed by atoms with Crippen LogP contribution in [-0.2, 0) is 4.79 Å². The number of benzene rings is 1. The molecule has 0 aliphatic carbocycles. The monoisotopic (exact) mass is 373 g/mol. The van der Waals surface area contributed by atoms with E-state index in [9.17, 15) is 23.2 Å². The third-order valence-electron chi connectivity index (χ3n) is 4.32. The molecule has 1 N–H and O–H groups in total. The molecule has 1 saturated heterocycles. The first-order chi connectivity index (χ1) is 11.3. The maximum absolute atomic E-state index is 13.2. The summed E-state index contributed by atoms with van der Waals surface area (Å²) in [5.74, 6) is -4.16. The molecule has 1 aromatic rings.